The summed E-state index contributed by atoms with van der Waals surface area (Å²) in [5.41, 5.74) is 4.14. The van der Waals surface area contributed by atoms with Crippen LogP contribution in [-0.4, -0.2) is 30.5 Å². The van der Waals surface area contributed by atoms with Crippen molar-refractivity contribution in [3.63, 3.8) is 0 Å². The summed E-state index contributed by atoms with van der Waals surface area (Å²) in [4.78, 5) is 0. The fourth-order valence-corrected chi connectivity index (χ4v) is 2.05. The Hall–Kier alpha value is -1.31. The van der Waals surface area contributed by atoms with Gasteiger partial charge in [0.25, 0.3) is 0 Å². The lowest BCUT2D eigenvalue weighted by molar-refractivity contribution is -0.498. The predicted octanol–water partition coefficient (Wildman–Crippen LogP) is 2.09. The summed E-state index contributed by atoms with van der Waals surface area (Å²) in [5.74, 6) is 0.994. The molecule has 0 radical (unpaired) electrons. The summed E-state index contributed by atoms with van der Waals surface area (Å²) in [7, 11) is 2.15. The third kappa shape index (κ3) is 1.89. The van der Waals surface area contributed by atoms with Crippen LogP contribution in [-0.2, 0) is 6.42 Å². The van der Waals surface area contributed by atoms with Gasteiger partial charge in [-0.25, -0.2) is 4.58 Å². The molecule has 1 aliphatic rings. The van der Waals surface area contributed by atoms with Gasteiger partial charge in [0.05, 0.1) is 6.61 Å². The lowest BCUT2D eigenvalue weighted by Gasteiger charge is -2.15. The van der Waals surface area contributed by atoms with Gasteiger partial charge in [-0.05, 0) is 30.7 Å². The summed E-state index contributed by atoms with van der Waals surface area (Å²) in [6, 6.07) is 6.41. The molecule has 0 unspecified atom stereocenters. The quantitative estimate of drug-likeness (QED) is 0.672. The van der Waals surface area contributed by atoms with E-state index in [0.717, 1.165) is 25.3 Å². The van der Waals surface area contributed by atoms with Gasteiger partial charge in [-0.2, -0.15) is 0 Å². The van der Waals surface area contributed by atoms with E-state index >= 15 is 0 Å². The van der Waals surface area contributed by atoms with Crippen LogP contribution in [0.2, 0.25) is 0 Å². The number of nitrogens with zero attached hydrogens (tertiary/aromatic N) is 1. The Morgan fingerprint density at radius 2 is 2.20 bits per heavy atom. The van der Waals surface area contributed by atoms with Crippen LogP contribution in [0, 0.1) is 0 Å². The predicted molar refractivity (Wildman–Crippen MR) is 62.1 cm³/mol. The minimum Gasteiger partial charge on any atom is -0.494 e. The van der Waals surface area contributed by atoms with Crippen molar-refractivity contribution in [1.29, 1.82) is 0 Å². The molecule has 0 bridgehead atoms. The molecule has 80 valence electrons. The number of rotatable bonds is 2. The Kier molecular flexibility index (Phi) is 2.76. The van der Waals surface area contributed by atoms with Crippen molar-refractivity contribution < 1.29 is 9.31 Å². The average Bonchev–Trinajstić information content (AvgIpc) is 2.24. The standard InChI is InChI=1S/C13H18NO/c1-4-15-12-5-6-13-10(2)14(3)8-7-11(13)9-12/h5-6,9H,4,7-8H2,1-3H3/q+1. The molecule has 2 rings (SSSR count). The van der Waals surface area contributed by atoms with E-state index in [9.17, 15) is 0 Å². The second-order valence-corrected chi connectivity index (χ2v) is 4.01. The maximum absolute atomic E-state index is 5.51. The lowest BCUT2D eigenvalue weighted by Crippen LogP contribution is -2.25. The number of hydrogen-bond donors (Lipinski definition) is 0. The zero-order valence-electron chi connectivity index (χ0n) is 9.71. The highest BCUT2D eigenvalue weighted by Gasteiger charge is 2.19. The zero-order chi connectivity index (χ0) is 10.8. The molecular formula is C13H18NO+. The van der Waals surface area contributed by atoms with Gasteiger partial charge in [0.2, 0.25) is 0 Å². The van der Waals surface area contributed by atoms with Crippen molar-refractivity contribution in [2.45, 2.75) is 20.3 Å². The van der Waals surface area contributed by atoms with Gasteiger partial charge in [0.15, 0.2) is 5.71 Å². The number of fused-ring (bicyclic) bond motifs is 1. The molecule has 15 heavy (non-hydrogen) atoms. The van der Waals surface area contributed by atoms with E-state index in [0.29, 0.717) is 0 Å². The first-order valence-electron chi connectivity index (χ1n) is 5.53. The largest absolute Gasteiger partial charge is 0.494 e. The molecule has 0 atom stereocenters. The smallest absolute Gasteiger partial charge is 0.180 e. The Bertz CT molecular complexity index is 407. The fourth-order valence-electron chi connectivity index (χ4n) is 2.05. The molecule has 0 aromatic heterocycles. The molecule has 0 saturated carbocycles. The van der Waals surface area contributed by atoms with Crippen LogP contribution in [0.5, 0.6) is 5.75 Å². The normalized spacial score (nSPS) is 15.1. The summed E-state index contributed by atoms with van der Waals surface area (Å²) in [6.07, 6.45) is 1.12. The third-order valence-corrected chi connectivity index (χ3v) is 3.07. The molecule has 1 aliphatic heterocycles. The van der Waals surface area contributed by atoms with Gasteiger partial charge < -0.3 is 4.74 Å². The minimum absolute atomic E-state index is 0.737. The maximum Gasteiger partial charge on any atom is 0.180 e. The molecule has 0 aliphatic carbocycles. The van der Waals surface area contributed by atoms with Crippen LogP contribution in [0.15, 0.2) is 18.2 Å². The summed E-state index contributed by atoms with van der Waals surface area (Å²) < 4.78 is 7.82. The molecule has 1 heterocycles. The van der Waals surface area contributed by atoms with E-state index in [1.54, 1.807) is 0 Å². The average molecular weight is 204 g/mol. The van der Waals surface area contributed by atoms with E-state index < -0.39 is 0 Å². The van der Waals surface area contributed by atoms with Crippen molar-refractivity contribution >= 4 is 5.71 Å². The number of benzene rings is 1. The first-order chi connectivity index (χ1) is 7.22. The number of hydrogen-bond acceptors (Lipinski definition) is 1. The van der Waals surface area contributed by atoms with Gasteiger partial charge in [-0.15, -0.1) is 0 Å². The molecular weight excluding hydrogens is 186 g/mol. The van der Waals surface area contributed by atoms with Crippen molar-refractivity contribution in [2.24, 2.45) is 0 Å². The Morgan fingerprint density at radius 3 is 2.93 bits per heavy atom. The monoisotopic (exact) mass is 204 g/mol. The third-order valence-electron chi connectivity index (χ3n) is 3.07. The second kappa shape index (κ2) is 4.05. The van der Waals surface area contributed by atoms with E-state index in [1.807, 2.05) is 6.92 Å². The molecule has 1 aromatic rings. The second-order valence-electron chi connectivity index (χ2n) is 4.01. The van der Waals surface area contributed by atoms with Crippen molar-refractivity contribution in [1.82, 2.24) is 0 Å². The molecule has 0 fully saturated rings. The number of ether oxygens (including phenoxy) is 1. The van der Waals surface area contributed by atoms with Gasteiger partial charge in [-0.3, -0.25) is 0 Å². The Balaban J connectivity index is 2.40. The zero-order valence-corrected chi connectivity index (χ0v) is 9.71. The molecule has 2 heteroatoms. The van der Waals surface area contributed by atoms with Gasteiger partial charge in [-0.1, -0.05) is 0 Å². The molecule has 1 aromatic carbocycles. The maximum atomic E-state index is 5.51. The van der Waals surface area contributed by atoms with Crippen LogP contribution >= 0.6 is 0 Å². The Labute approximate surface area is 91.2 Å². The first kappa shape index (κ1) is 10.2. The first-order valence-corrected chi connectivity index (χ1v) is 5.53. The molecule has 0 spiro atoms. The summed E-state index contributed by atoms with van der Waals surface area (Å²) >= 11 is 0. The highest BCUT2D eigenvalue weighted by atomic mass is 16.5. The van der Waals surface area contributed by atoms with E-state index in [-0.39, 0.29) is 0 Å². The number of likely N-dealkylation sites (N-methyl/N-ethyl adjacent to an activating group) is 1. The lowest BCUT2D eigenvalue weighted by atomic mass is 9.97. The molecule has 0 saturated heterocycles. The highest BCUT2D eigenvalue weighted by molar-refractivity contribution is 5.97. The van der Waals surface area contributed by atoms with Gasteiger partial charge in [0, 0.05) is 18.9 Å². The van der Waals surface area contributed by atoms with Gasteiger partial charge >= 0.3 is 0 Å². The van der Waals surface area contributed by atoms with Crippen molar-refractivity contribution in [3.05, 3.63) is 29.3 Å². The van der Waals surface area contributed by atoms with Gasteiger partial charge in [0.1, 0.15) is 19.3 Å². The highest BCUT2D eigenvalue weighted by Crippen LogP contribution is 2.21. The van der Waals surface area contributed by atoms with Crippen molar-refractivity contribution in [3.8, 4) is 5.75 Å². The summed E-state index contributed by atoms with van der Waals surface area (Å²) in [5, 5.41) is 0. The molecule has 0 N–H and O–H groups in total. The van der Waals surface area contributed by atoms with E-state index in [4.69, 9.17) is 4.74 Å². The summed E-state index contributed by atoms with van der Waals surface area (Å²) in [6.45, 7) is 6.04. The van der Waals surface area contributed by atoms with E-state index in [1.165, 1.54) is 16.8 Å². The SMILES string of the molecule is CCOc1ccc2c(c1)CC[N+](C)=C2C. The van der Waals surface area contributed by atoms with Crippen LogP contribution < -0.4 is 4.74 Å². The fraction of sp³-hybridized carbons (Fsp3) is 0.462. The minimum atomic E-state index is 0.737. The van der Waals surface area contributed by atoms with Crippen LogP contribution in [0.3, 0.4) is 0 Å². The van der Waals surface area contributed by atoms with Crippen LogP contribution in [0.1, 0.15) is 25.0 Å². The van der Waals surface area contributed by atoms with Crippen LogP contribution in [0.4, 0.5) is 0 Å². The molecule has 0 amide bonds. The van der Waals surface area contributed by atoms with E-state index in [2.05, 4.69) is 36.7 Å². The Morgan fingerprint density at radius 1 is 1.40 bits per heavy atom. The van der Waals surface area contributed by atoms with Crippen LogP contribution in [0.25, 0.3) is 0 Å². The topological polar surface area (TPSA) is 12.2 Å². The molecule has 2 nitrogen and oxygen atoms in total. The van der Waals surface area contributed by atoms with Crippen molar-refractivity contribution in [2.75, 3.05) is 20.2 Å².